The normalized spacial score (nSPS) is 12.6. The van der Waals surface area contributed by atoms with Gasteiger partial charge in [0.05, 0.1) is 6.10 Å². The summed E-state index contributed by atoms with van der Waals surface area (Å²) in [5, 5.41) is 9.15. The summed E-state index contributed by atoms with van der Waals surface area (Å²) in [5.74, 6) is 0.336. The van der Waals surface area contributed by atoms with Gasteiger partial charge in [0.1, 0.15) is 5.75 Å². The second-order valence-electron chi connectivity index (χ2n) is 4.24. The molecule has 0 saturated carbocycles. The van der Waals surface area contributed by atoms with E-state index in [-0.39, 0.29) is 0 Å². The molecule has 0 aliphatic heterocycles. The lowest BCUT2D eigenvalue weighted by molar-refractivity contribution is 0.0595. The Morgan fingerprint density at radius 2 is 1.94 bits per heavy atom. The summed E-state index contributed by atoms with van der Waals surface area (Å²) in [6.07, 6.45) is 4.73. The maximum atomic E-state index is 9.15. The van der Waals surface area contributed by atoms with E-state index in [1.807, 2.05) is 12.1 Å². The van der Waals surface area contributed by atoms with Gasteiger partial charge in [0.2, 0.25) is 0 Å². The highest BCUT2D eigenvalue weighted by Crippen LogP contribution is 2.13. The molecule has 1 unspecified atom stereocenters. The molecule has 1 aromatic rings. The quantitative estimate of drug-likeness (QED) is 0.764. The van der Waals surface area contributed by atoms with E-state index in [0.29, 0.717) is 11.9 Å². The Bertz CT molecular complexity index is 279. The van der Waals surface area contributed by atoms with Gasteiger partial charge in [0.15, 0.2) is 0 Å². The van der Waals surface area contributed by atoms with Crippen LogP contribution in [-0.4, -0.2) is 17.8 Å². The van der Waals surface area contributed by atoms with Crippen molar-refractivity contribution in [1.82, 2.24) is 0 Å². The van der Waals surface area contributed by atoms with E-state index >= 15 is 0 Å². The number of benzene rings is 1. The van der Waals surface area contributed by atoms with Gasteiger partial charge >= 0.3 is 0 Å². The first-order valence-corrected chi connectivity index (χ1v) is 6.12. The number of phenolic OH excluding ortho intramolecular Hbond substituents is 1. The largest absolute Gasteiger partial charge is 0.508 e. The Morgan fingerprint density at radius 3 is 2.56 bits per heavy atom. The average Bonchev–Trinajstić information content (AvgIpc) is 2.29. The van der Waals surface area contributed by atoms with Crippen molar-refractivity contribution in [3.05, 3.63) is 29.8 Å². The highest BCUT2D eigenvalue weighted by Gasteiger charge is 2.01. The maximum absolute atomic E-state index is 9.15. The van der Waals surface area contributed by atoms with Crippen molar-refractivity contribution in [2.24, 2.45) is 0 Å². The van der Waals surface area contributed by atoms with Crippen LogP contribution in [0.1, 0.15) is 38.7 Å². The number of aromatic hydroxyl groups is 1. The Balaban J connectivity index is 2.17. The fourth-order valence-electron chi connectivity index (χ4n) is 1.66. The minimum Gasteiger partial charge on any atom is -0.508 e. The van der Waals surface area contributed by atoms with Crippen molar-refractivity contribution in [3.63, 3.8) is 0 Å². The first-order valence-electron chi connectivity index (χ1n) is 6.12. The minimum absolute atomic E-state index is 0.336. The molecular formula is C14H22O2. The molecule has 0 spiro atoms. The molecule has 2 nitrogen and oxygen atoms in total. The van der Waals surface area contributed by atoms with Crippen molar-refractivity contribution in [2.75, 3.05) is 6.61 Å². The number of rotatable bonds is 7. The van der Waals surface area contributed by atoms with Gasteiger partial charge in [-0.1, -0.05) is 19.1 Å². The third-order valence-electron chi connectivity index (χ3n) is 2.62. The zero-order valence-electron chi connectivity index (χ0n) is 10.3. The molecule has 0 heterocycles. The molecule has 1 rings (SSSR count). The molecule has 1 atom stereocenters. The fourth-order valence-corrected chi connectivity index (χ4v) is 1.66. The van der Waals surface area contributed by atoms with E-state index in [4.69, 9.17) is 9.84 Å². The summed E-state index contributed by atoms with van der Waals surface area (Å²) in [5.41, 5.74) is 1.28. The summed E-state index contributed by atoms with van der Waals surface area (Å²) >= 11 is 0. The highest BCUT2D eigenvalue weighted by atomic mass is 16.5. The van der Waals surface area contributed by atoms with E-state index in [1.165, 1.54) is 5.56 Å². The van der Waals surface area contributed by atoms with Gasteiger partial charge in [-0.3, -0.25) is 0 Å². The van der Waals surface area contributed by atoms with Gasteiger partial charge in [0, 0.05) is 6.61 Å². The van der Waals surface area contributed by atoms with Crippen LogP contribution in [0.5, 0.6) is 5.75 Å². The number of hydrogen-bond donors (Lipinski definition) is 1. The lowest BCUT2D eigenvalue weighted by atomic mass is 10.1. The van der Waals surface area contributed by atoms with Crippen molar-refractivity contribution >= 4 is 0 Å². The zero-order chi connectivity index (χ0) is 11.8. The van der Waals surface area contributed by atoms with Gasteiger partial charge in [0.25, 0.3) is 0 Å². The summed E-state index contributed by atoms with van der Waals surface area (Å²) in [6, 6.07) is 7.44. The lowest BCUT2D eigenvalue weighted by Crippen LogP contribution is -2.09. The molecule has 2 heteroatoms. The SMILES string of the molecule is CCCOC(C)CCCc1ccc(O)cc1. The number of aryl methyl sites for hydroxylation is 1. The van der Waals surface area contributed by atoms with Crippen LogP contribution in [0.25, 0.3) is 0 Å². The van der Waals surface area contributed by atoms with Gasteiger partial charge in [-0.2, -0.15) is 0 Å². The Morgan fingerprint density at radius 1 is 1.25 bits per heavy atom. The Kier molecular flexibility index (Phi) is 5.94. The number of phenols is 1. The van der Waals surface area contributed by atoms with E-state index in [2.05, 4.69) is 13.8 Å². The average molecular weight is 222 g/mol. The standard InChI is InChI=1S/C14H22O2/c1-3-11-16-12(2)5-4-6-13-7-9-14(15)10-8-13/h7-10,12,15H,3-6,11H2,1-2H3. The molecule has 0 bridgehead atoms. The van der Waals surface area contributed by atoms with Crippen LogP contribution in [-0.2, 0) is 11.2 Å². The molecule has 90 valence electrons. The first kappa shape index (κ1) is 13.0. The van der Waals surface area contributed by atoms with Crippen LogP contribution < -0.4 is 0 Å². The first-order chi connectivity index (χ1) is 7.72. The predicted molar refractivity (Wildman–Crippen MR) is 66.7 cm³/mol. The van der Waals surface area contributed by atoms with E-state index in [1.54, 1.807) is 12.1 Å². The second kappa shape index (κ2) is 7.29. The molecule has 0 fully saturated rings. The highest BCUT2D eigenvalue weighted by molar-refractivity contribution is 5.25. The topological polar surface area (TPSA) is 29.5 Å². The summed E-state index contributed by atoms with van der Waals surface area (Å²) in [6.45, 7) is 5.12. The van der Waals surface area contributed by atoms with Crippen LogP contribution in [0, 0.1) is 0 Å². The minimum atomic E-state index is 0.336. The zero-order valence-corrected chi connectivity index (χ0v) is 10.3. The van der Waals surface area contributed by atoms with Gasteiger partial charge in [-0.15, -0.1) is 0 Å². The Hall–Kier alpha value is -1.02. The van der Waals surface area contributed by atoms with Crippen molar-refractivity contribution in [3.8, 4) is 5.75 Å². The molecule has 16 heavy (non-hydrogen) atoms. The summed E-state index contributed by atoms with van der Waals surface area (Å²) in [7, 11) is 0. The molecule has 0 aliphatic rings. The summed E-state index contributed by atoms with van der Waals surface area (Å²) in [4.78, 5) is 0. The molecule has 0 saturated heterocycles. The van der Waals surface area contributed by atoms with Crippen molar-refractivity contribution < 1.29 is 9.84 Å². The van der Waals surface area contributed by atoms with Crippen molar-refractivity contribution in [1.29, 1.82) is 0 Å². The molecule has 1 aromatic carbocycles. The second-order valence-corrected chi connectivity index (χ2v) is 4.24. The van der Waals surface area contributed by atoms with E-state index in [9.17, 15) is 0 Å². The molecule has 0 aliphatic carbocycles. The number of ether oxygens (including phenoxy) is 1. The Labute approximate surface area is 98.3 Å². The van der Waals surface area contributed by atoms with Gasteiger partial charge in [-0.25, -0.2) is 0 Å². The molecular weight excluding hydrogens is 200 g/mol. The van der Waals surface area contributed by atoms with Crippen LogP contribution in [0.15, 0.2) is 24.3 Å². The molecule has 1 N–H and O–H groups in total. The van der Waals surface area contributed by atoms with Gasteiger partial charge in [-0.05, 0) is 50.3 Å². The summed E-state index contributed by atoms with van der Waals surface area (Å²) < 4.78 is 5.61. The lowest BCUT2D eigenvalue weighted by Gasteiger charge is -2.11. The smallest absolute Gasteiger partial charge is 0.115 e. The molecule has 0 amide bonds. The predicted octanol–water partition coefficient (Wildman–Crippen LogP) is 3.53. The van der Waals surface area contributed by atoms with E-state index < -0.39 is 0 Å². The molecule has 0 radical (unpaired) electrons. The fraction of sp³-hybridized carbons (Fsp3) is 0.571. The van der Waals surface area contributed by atoms with E-state index in [0.717, 1.165) is 32.3 Å². The van der Waals surface area contributed by atoms with Crippen LogP contribution in [0.3, 0.4) is 0 Å². The van der Waals surface area contributed by atoms with Crippen LogP contribution in [0.2, 0.25) is 0 Å². The van der Waals surface area contributed by atoms with Gasteiger partial charge < -0.3 is 9.84 Å². The monoisotopic (exact) mass is 222 g/mol. The van der Waals surface area contributed by atoms with Crippen LogP contribution in [0.4, 0.5) is 0 Å². The van der Waals surface area contributed by atoms with Crippen LogP contribution >= 0.6 is 0 Å². The van der Waals surface area contributed by atoms with Crippen molar-refractivity contribution in [2.45, 2.75) is 45.6 Å². The number of hydrogen-bond acceptors (Lipinski definition) is 2. The third-order valence-corrected chi connectivity index (χ3v) is 2.62. The molecule has 0 aromatic heterocycles. The maximum Gasteiger partial charge on any atom is 0.115 e. The third kappa shape index (κ3) is 5.17.